The van der Waals surface area contributed by atoms with Gasteiger partial charge in [-0.3, -0.25) is 4.89 Å². The average Bonchev–Trinajstić information content (AvgIpc) is 2.19. The summed E-state index contributed by atoms with van der Waals surface area (Å²) in [4.78, 5) is 14.2. The van der Waals surface area contributed by atoms with Gasteiger partial charge in [-0.2, -0.15) is 5.26 Å². The first-order chi connectivity index (χ1) is 6.67. The topological polar surface area (TPSA) is 46.5 Å². The van der Waals surface area contributed by atoms with Gasteiger partial charge in [0, 0.05) is 0 Å². The highest BCUT2D eigenvalue weighted by Gasteiger charge is 2.09. The number of alkyl halides is 2. The van der Waals surface area contributed by atoms with Crippen LogP contribution in [0.25, 0.3) is 0 Å². The third kappa shape index (κ3) is 4.67. The number of hydrogen-bond donors (Lipinski definition) is 1. The van der Waals surface area contributed by atoms with Gasteiger partial charge in [-0.1, -0.05) is 23.7 Å². The number of benzene rings is 1. The van der Waals surface area contributed by atoms with E-state index in [4.69, 9.17) is 40.1 Å². The number of carbonyl (C=O) groups excluding carboxylic acids is 1. The van der Waals surface area contributed by atoms with Crippen LogP contribution in [0.3, 0.4) is 0 Å². The Morgan fingerprint density at radius 1 is 1.36 bits per heavy atom. The van der Waals surface area contributed by atoms with E-state index in [1.165, 1.54) is 12.1 Å². The molecule has 3 nitrogen and oxygen atoms in total. The lowest BCUT2D eigenvalue weighted by Crippen LogP contribution is -2.01. The molecule has 0 heterocycles. The lowest BCUT2D eigenvalue weighted by molar-refractivity contribution is -0.182. The van der Waals surface area contributed by atoms with Gasteiger partial charge in [0.2, 0.25) is 0 Å². The standard InChI is InChI=1S/C7H5ClO3.CH2Cl2/c8-6-4-2-1-3-5(6)7(9)11-10;2-1-3/h1-4,10H;1H2. The first-order valence-electron chi connectivity index (χ1n) is 3.39. The molecule has 14 heavy (non-hydrogen) atoms. The summed E-state index contributed by atoms with van der Waals surface area (Å²) >= 11 is 15.1. The molecule has 0 aliphatic rings. The molecule has 0 saturated heterocycles. The quantitative estimate of drug-likeness (QED) is 0.476. The van der Waals surface area contributed by atoms with Gasteiger partial charge in [-0.05, 0) is 12.1 Å². The summed E-state index contributed by atoms with van der Waals surface area (Å²) in [6.45, 7) is 0. The van der Waals surface area contributed by atoms with Crippen molar-refractivity contribution in [2.24, 2.45) is 0 Å². The minimum Gasteiger partial charge on any atom is -0.295 e. The summed E-state index contributed by atoms with van der Waals surface area (Å²) in [5.74, 6) is -0.851. The predicted molar refractivity (Wildman–Crippen MR) is 56.1 cm³/mol. The molecule has 0 bridgehead atoms. The second kappa shape index (κ2) is 7.88. The van der Waals surface area contributed by atoms with Crippen LogP contribution in [0.5, 0.6) is 0 Å². The van der Waals surface area contributed by atoms with Gasteiger partial charge in [0.25, 0.3) is 0 Å². The van der Waals surface area contributed by atoms with Crippen molar-refractivity contribution < 1.29 is 14.9 Å². The molecule has 0 saturated carbocycles. The third-order valence-corrected chi connectivity index (χ3v) is 1.51. The molecule has 0 atom stereocenters. The Balaban J connectivity index is 0.000000500. The Morgan fingerprint density at radius 3 is 2.29 bits per heavy atom. The summed E-state index contributed by atoms with van der Waals surface area (Å²) in [7, 11) is 0. The molecule has 1 aromatic carbocycles. The van der Waals surface area contributed by atoms with Crippen molar-refractivity contribution in [3.8, 4) is 0 Å². The molecule has 0 spiro atoms. The fourth-order valence-corrected chi connectivity index (χ4v) is 0.889. The van der Waals surface area contributed by atoms with Crippen LogP contribution >= 0.6 is 34.8 Å². The summed E-state index contributed by atoms with van der Waals surface area (Å²) in [6, 6.07) is 6.29. The molecule has 0 amide bonds. The molecular formula is C8H7Cl3O3. The third-order valence-electron chi connectivity index (χ3n) is 1.18. The summed E-state index contributed by atoms with van der Waals surface area (Å²) in [5, 5.41) is 8.45. The number of halogens is 3. The second-order valence-electron chi connectivity index (χ2n) is 1.96. The highest BCUT2D eigenvalue weighted by Crippen LogP contribution is 2.15. The highest BCUT2D eigenvalue weighted by molar-refractivity contribution is 6.40. The average molecular weight is 258 g/mol. The van der Waals surface area contributed by atoms with E-state index in [-0.39, 0.29) is 15.9 Å². The van der Waals surface area contributed by atoms with E-state index in [0.29, 0.717) is 0 Å². The van der Waals surface area contributed by atoms with Crippen molar-refractivity contribution >= 4 is 40.8 Å². The fourth-order valence-electron chi connectivity index (χ4n) is 0.676. The van der Waals surface area contributed by atoms with E-state index in [2.05, 4.69) is 4.89 Å². The van der Waals surface area contributed by atoms with Crippen molar-refractivity contribution in [2.45, 2.75) is 0 Å². The SMILES string of the molecule is ClCCl.O=C(OO)c1ccccc1Cl. The van der Waals surface area contributed by atoms with Crippen LogP contribution in [0.2, 0.25) is 5.02 Å². The van der Waals surface area contributed by atoms with Crippen molar-refractivity contribution in [1.82, 2.24) is 0 Å². The molecule has 1 N–H and O–H groups in total. The summed E-state index contributed by atoms with van der Waals surface area (Å²) in [6.07, 6.45) is 0. The van der Waals surface area contributed by atoms with Crippen molar-refractivity contribution in [3.63, 3.8) is 0 Å². The Labute approximate surface area is 96.1 Å². The minimum atomic E-state index is -0.851. The van der Waals surface area contributed by atoms with Crippen molar-refractivity contribution in [3.05, 3.63) is 34.9 Å². The van der Waals surface area contributed by atoms with E-state index in [1.54, 1.807) is 12.1 Å². The van der Waals surface area contributed by atoms with Gasteiger partial charge in [0.15, 0.2) is 0 Å². The summed E-state index contributed by atoms with van der Waals surface area (Å²) < 4.78 is 0. The van der Waals surface area contributed by atoms with E-state index in [1.807, 2.05) is 0 Å². The molecule has 0 unspecified atom stereocenters. The largest absolute Gasteiger partial charge is 0.374 e. The zero-order valence-electron chi connectivity index (χ0n) is 6.91. The fraction of sp³-hybridized carbons (Fsp3) is 0.125. The Hall–Kier alpha value is -0.480. The maximum absolute atomic E-state index is 10.7. The smallest absolute Gasteiger partial charge is 0.295 e. The molecular weight excluding hydrogens is 250 g/mol. The van der Waals surface area contributed by atoms with Crippen LogP contribution in [0.15, 0.2) is 24.3 Å². The van der Waals surface area contributed by atoms with Gasteiger partial charge in [-0.25, -0.2) is 4.79 Å². The Morgan fingerprint density at radius 2 is 1.86 bits per heavy atom. The normalized spacial score (nSPS) is 8.57. The van der Waals surface area contributed by atoms with Crippen LogP contribution in [0.1, 0.15) is 10.4 Å². The highest BCUT2D eigenvalue weighted by atomic mass is 35.5. The molecule has 1 rings (SSSR count). The molecule has 0 aromatic heterocycles. The van der Waals surface area contributed by atoms with Crippen LogP contribution in [0.4, 0.5) is 0 Å². The van der Waals surface area contributed by atoms with Crippen LogP contribution in [-0.4, -0.2) is 16.6 Å². The molecule has 0 fully saturated rings. The van der Waals surface area contributed by atoms with E-state index >= 15 is 0 Å². The van der Waals surface area contributed by atoms with Gasteiger partial charge < -0.3 is 0 Å². The number of carbonyl (C=O) groups is 1. The molecule has 0 aliphatic heterocycles. The molecule has 6 heteroatoms. The monoisotopic (exact) mass is 256 g/mol. The van der Waals surface area contributed by atoms with Crippen LogP contribution in [-0.2, 0) is 4.89 Å². The maximum Gasteiger partial charge on any atom is 0.374 e. The Bertz CT molecular complexity index is 291. The van der Waals surface area contributed by atoms with Crippen molar-refractivity contribution in [2.75, 3.05) is 5.34 Å². The minimum absolute atomic E-state index is 0.150. The van der Waals surface area contributed by atoms with Gasteiger partial charge >= 0.3 is 5.97 Å². The van der Waals surface area contributed by atoms with E-state index < -0.39 is 5.97 Å². The van der Waals surface area contributed by atoms with E-state index in [0.717, 1.165) is 0 Å². The zero-order valence-corrected chi connectivity index (χ0v) is 9.18. The Kier molecular flexibility index (Phi) is 7.61. The molecule has 0 aliphatic carbocycles. The van der Waals surface area contributed by atoms with E-state index in [9.17, 15) is 4.79 Å². The van der Waals surface area contributed by atoms with Gasteiger partial charge in [-0.15, -0.1) is 23.2 Å². The molecule has 78 valence electrons. The lowest BCUT2D eigenvalue weighted by Gasteiger charge is -1.97. The molecule has 1 aromatic rings. The maximum atomic E-state index is 10.7. The van der Waals surface area contributed by atoms with Gasteiger partial charge in [0.05, 0.1) is 15.9 Å². The van der Waals surface area contributed by atoms with Crippen molar-refractivity contribution in [1.29, 1.82) is 0 Å². The second-order valence-corrected chi connectivity index (χ2v) is 3.17. The summed E-state index contributed by atoms with van der Waals surface area (Å²) in [5.41, 5.74) is 0.150. The first-order valence-corrected chi connectivity index (χ1v) is 4.84. The number of rotatable bonds is 1. The zero-order chi connectivity index (χ0) is 11.0. The van der Waals surface area contributed by atoms with Crippen LogP contribution < -0.4 is 0 Å². The number of hydrogen-bond acceptors (Lipinski definition) is 3. The first kappa shape index (κ1) is 13.5. The lowest BCUT2D eigenvalue weighted by atomic mass is 10.2. The predicted octanol–water partition coefficient (Wildman–Crippen LogP) is 3.39. The van der Waals surface area contributed by atoms with Gasteiger partial charge in [0.1, 0.15) is 0 Å². The molecule has 0 radical (unpaired) electrons. The van der Waals surface area contributed by atoms with Crippen LogP contribution in [0, 0.1) is 0 Å².